The van der Waals surface area contributed by atoms with Gasteiger partial charge in [0.1, 0.15) is 13.2 Å². The van der Waals surface area contributed by atoms with E-state index in [-0.39, 0.29) is 5.75 Å². The van der Waals surface area contributed by atoms with Gasteiger partial charge < -0.3 is 19.9 Å². The zero-order chi connectivity index (χ0) is 13.5. The molecule has 2 N–H and O–H groups in total. The second kappa shape index (κ2) is 4.56. The summed E-state index contributed by atoms with van der Waals surface area (Å²) in [5.41, 5.74) is 6.14. The van der Waals surface area contributed by atoms with Gasteiger partial charge in [0.05, 0.1) is 12.7 Å². The standard InChI is InChI=1S/C14H18FNO3/c1-17-9-8-10-13(19-7-6-18-10)11(12(9)15)14(16)4-2-3-5-14/h8H,2-7,16H2,1H3. The van der Waals surface area contributed by atoms with E-state index in [9.17, 15) is 4.39 Å². The van der Waals surface area contributed by atoms with Gasteiger partial charge in [0.2, 0.25) is 0 Å². The van der Waals surface area contributed by atoms with Crippen molar-refractivity contribution in [2.24, 2.45) is 5.73 Å². The van der Waals surface area contributed by atoms with Crippen LogP contribution in [0, 0.1) is 5.82 Å². The fraction of sp³-hybridized carbons (Fsp3) is 0.571. The average molecular weight is 267 g/mol. The van der Waals surface area contributed by atoms with E-state index in [0.717, 1.165) is 25.7 Å². The van der Waals surface area contributed by atoms with Crippen molar-refractivity contribution in [3.05, 3.63) is 17.4 Å². The molecule has 1 aliphatic carbocycles. The largest absolute Gasteiger partial charge is 0.494 e. The molecule has 1 aromatic rings. The zero-order valence-electron chi connectivity index (χ0n) is 11.0. The molecule has 4 nitrogen and oxygen atoms in total. The number of halogens is 1. The summed E-state index contributed by atoms with van der Waals surface area (Å²) in [6, 6.07) is 1.53. The van der Waals surface area contributed by atoms with Crippen LogP contribution in [0.1, 0.15) is 31.2 Å². The second-order valence-corrected chi connectivity index (χ2v) is 5.16. The predicted octanol–water partition coefficient (Wildman–Crippen LogP) is 2.33. The predicted molar refractivity (Wildman–Crippen MR) is 68.3 cm³/mol. The summed E-state index contributed by atoms with van der Waals surface area (Å²) in [6.07, 6.45) is 3.52. The minimum atomic E-state index is -0.677. The van der Waals surface area contributed by atoms with Crippen LogP contribution in [-0.4, -0.2) is 20.3 Å². The van der Waals surface area contributed by atoms with Crippen LogP contribution < -0.4 is 19.9 Å². The van der Waals surface area contributed by atoms with E-state index >= 15 is 0 Å². The van der Waals surface area contributed by atoms with Crippen LogP contribution >= 0.6 is 0 Å². The van der Waals surface area contributed by atoms with Gasteiger partial charge in [-0.3, -0.25) is 0 Å². The Morgan fingerprint density at radius 2 is 1.95 bits per heavy atom. The minimum absolute atomic E-state index is 0.163. The Balaban J connectivity index is 2.20. The number of methoxy groups -OCH3 is 1. The summed E-state index contributed by atoms with van der Waals surface area (Å²) in [5, 5.41) is 0. The molecule has 19 heavy (non-hydrogen) atoms. The molecule has 1 heterocycles. The maximum atomic E-state index is 14.6. The monoisotopic (exact) mass is 267 g/mol. The fourth-order valence-corrected chi connectivity index (χ4v) is 2.99. The third-order valence-corrected chi connectivity index (χ3v) is 3.95. The van der Waals surface area contributed by atoms with Crippen molar-refractivity contribution in [1.82, 2.24) is 0 Å². The van der Waals surface area contributed by atoms with E-state index in [4.69, 9.17) is 19.9 Å². The third-order valence-electron chi connectivity index (χ3n) is 3.95. The number of rotatable bonds is 2. The number of hydrogen-bond acceptors (Lipinski definition) is 4. The van der Waals surface area contributed by atoms with Gasteiger partial charge in [-0.1, -0.05) is 12.8 Å². The van der Waals surface area contributed by atoms with Gasteiger partial charge in [0.15, 0.2) is 23.1 Å². The molecule has 1 fully saturated rings. The Morgan fingerprint density at radius 3 is 2.63 bits per heavy atom. The maximum absolute atomic E-state index is 14.6. The Morgan fingerprint density at radius 1 is 1.26 bits per heavy atom. The van der Waals surface area contributed by atoms with E-state index in [0.29, 0.717) is 30.3 Å². The van der Waals surface area contributed by atoms with E-state index in [1.54, 1.807) is 0 Å². The summed E-state index contributed by atoms with van der Waals surface area (Å²) < 4.78 is 30.9. The molecule has 0 amide bonds. The molecule has 0 spiro atoms. The van der Waals surface area contributed by atoms with Gasteiger partial charge >= 0.3 is 0 Å². The summed E-state index contributed by atoms with van der Waals surface area (Å²) in [5.74, 6) is 0.720. The summed E-state index contributed by atoms with van der Waals surface area (Å²) in [7, 11) is 1.44. The van der Waals surface area contributed by atoms with Crippen LogP contribution in [0.25, 0.3) is 0 Å². The third kappa shape index (κ3) is 1.92. The maximum Gasteiger partial charge on any atom is 0.174 e. The van der Waals surface area contributed by atoms with Crippen LogP contribution in [0.4, 0.5) is 4.39 Å². The summed E-state index contributed by atoms with van der Waals surface area (Å²) in [6.45, 7) is 0.876. The lowest BCUT2D eigenvalue weighted by Gasteiger charge is -2.30. The lowest BCUT2D eigenvalue weighted by Crippen LogP contribution is -2.36. The van der Waals surface area contributed by atoms with Gasteiger partial charge in [-0.05, 0) is 12.8 Å². The number of fused-ring (bicyclic) bond motifs is 1. The first-order chi connectivity index (χ1) is 9.15. The summed E-state index contributed by atoms with van der Waals surface area (Å²) in [4.78, 5) is 0. The molecule has 1 aromatic carbocycles. The van der Waals surface area contributed by atoms with Crippen molar-refractivity contribution in [1.29, 1.82) is 0 Å². The van der Waals surface area contributed by atoms with Gasteiger partial charge in [-0.2, -0.15) is 0 Å². The molecule has 0 bridgehead atoms. The highest BCUT2D eigenvalue weighted by molar-refractivity contribution is 5.56. The smallest absolute Gasteiger partial charge is 0.174 e. The van der Waals surface area contributed by atoms with Gasteiger partial charge in [0.25, 0.3) is 0 Å². The average Bonchev–Trinajstić information content (AvgIpc) is 2.85. The normalized spacial score (nSPS) is 20.4. The first-order valence-electron chi connectivity index (χ1n) is 6.61. The van der Waals surface area contributed by atoms with Crippen molar-refractivity contribution in [2.45, 2.75) is 31.2 Å². The molecule has 1 saturated carbocycles. The Bertz CT molecular complexity index is 498. The van der Waals surface area contributed by atoms with Gasteiger partial charge in [-0.25, -0.2) is 4.39 Å². The van der Waals surface area contributed by atoms with E-state index in [1.165, 1.54) is 13.2 Å². The Kier molecular flexibility index (Phi) is 3.01. The number of ether oxygens (including phenoxy) is 3. The SMILES string of the molecule is COc1cc2c(c(C3(N)CCCC3)c1F)OCCO2. The first kappa shape index (κ1) is 12.5. The summed E-state index contributed by atoms with van der Waals surface area (Å²) >= 11 is 0. The fourth-order valence-electron chi connectivity index (χ4n) is 2.99. The second-order valence-electron chi connectivity index (χ2n) is 5.16. The van der Waals surface area contributed by atoms with Crippen molar-refractivity contribution >= 4 is 0 Å². The molecule has 1 aliphatic heterocycles. The Hall–Kier alpha value is -1.49. The molecule has 0 atom stereocenters. The molecule has 5 heteroatoms. The molecule has 0 unspecified atom stereocenters. The van der Waals surface area contributed by atoms with Gasteiger partial charge in [0, 0.05) is 11.6 Å². The van der Waals surface area contributed by atoms with Crippen LogP contribution in [0.15, 0.2) is 6.07 Å². The topological polar surface area (TPSA) is 53.7 Å². The highest BCUT2D eigenvalue weighted by atomic mass is 19.1. The molecule has 0 radical (unpaired) electrons. The van der Waals surface area contributed by atoms with E-state index in [2.05, 4.69) is 0 Å². The number of hydrogen-bond donors (Lipinski definition) is 1. The molecule has 3 rings (SSSR count). The molecule has 104 valence electrons. The van der Waals surface area contributed by atoms with Crippen LogP contribution in [0.2, 0.25) is 0 Å². The van der Waals surface area contributed by atoms with Crippen molar-refractivity contribution in [3.63, 3.8) is 0 Å². The number of benzene rings is 1. The molecule has 0 saturated heterocycles. The first-order valence-corrected chi connectivity index (χ1v) is 6.61. The molecule has 2 aliphatic rings. The molecule has 0 aromatic heterocycles. The minimum Gasteiger partial charge on any atom is -0.494 e. The lowest BCUT2D eigenvalue weighted by atomic mass is 9.87. The van der Waals surface area contributed by atoms with Gasteiger partial charge in [-0.15, -0.1) is 0 Å². The number of nitrogens with two attached hydrogens (primary N) is 1. The van der Waals surface area contributed by atoms with Crippen molar-refractivity contribution < 1.29 is 18.6 Å². The van der Waals surface area contributed by atoms with Crippen molar-refractivity contribution in [2.75, 3.05) is 20.3 Å². The quantitative estimate of drug-likeness (QED) is 0.893. The lowest BCUT2D eigenvalue weighted by molar-refractivity contribution is 0.163. The van der Waals surface area contributed by atoms with Crippen LogP contribution in [0.3, 0.4) is 0 Å². The Labute approximate surface area is 111 Å². The van der Waals surface area contributed by atoms with Crippen LogP contribution in [0.5, 0.6) is 17.2 Å². The van der Waals surface area contributed by atoms with Crippen LogP contribution in [-0.2, 0) is 5.54 Å². The molecular formula is C14H18FNO3. The van der Waals surface area contributed by atoms with E-state index < -0.39 is 11.4 Å². The highest BCUT2D eigenvalue weighted by Gasteiger charge is 2.40. The van der Waals surface area contributed by atoms with Crippen molar-refractivity contribution in [3.8, 4) is 17.2 Å². The zero-order valence-corrected chi connectivity index (χ0v) is 11.0. The highest BCUT2D eigenvalue weighted by Crippen LogP contribution is 2.49. The molecular weight excluding hydrogens is 249 g/mol. The van der Waals surface area contributed by atoms with E-state index in [1.807, 2.05) is 0 Å².